The second-order valence-electron chi connectivity index (χ2n) is 7.87. The van der Waals surface area contributed by atoms with E-state index in [0.717, 1.165) is 55.5 Å². The van der Waals surface area contributed by atoms with Crippen LogP contribution in [0.15, 0.2) is 0 Å². The van der Waals surface area contributed by atoms with E-state index < -0.39 is 0 Å². The number of anilines is 1. The number of thiophene rings is 1. The van der Waals surface area contributed by atoms with Crippen molar-refractivity contribution in [3.05, 3.63) is 16.0 Å². The van der Waals surface area contributed by atoms with Crippen molar-refractivity contribution >= 4 is 28.2 Å². The molecule has 2 aliphatic carbocycles. The van der Waals surface area contributed by atoms with Gasteiger partial charge in [0.25, 0.3) is 0 Å². The zero-order valence-corrected chi connectivity index (χ0v) is 17.4. The van der Waals surface area contributed by atoms with Crippen molar-refractivity contribution in [3.63, 3.8) is 0 Å². The largest absolute Gasteiger partial charge is 0.462 e. The van der Waals surface area contributed by atoms with Crippen LogP contribution >= 0.6 is 11.3 Å². The molecule has 1 aromatic heterocycles. The fourth-order valence-electron chi connectivity index (χ4n) is 4.02. The average Bonchev–Trinajstić information content (AvgIpc) is 2.90. The van der Waals surface area contributed by atoms with E-state index in [1.807, 2.05) is 6.92 Å². The fraction of sp³-hybridized carbons (Fsp3) is 0.727. The first kappa shape index (κ1) is 20.4. The first-order valence-corrected chi connectivity index (χ1v) is 11.6. The summed E-state index contributed by atoms with van der Waals surface area (Å²) in [6.07, 6.45) is 14.9. The molecule has 0 spiro atoms. The predicted molar refractivity (Wildman–Crippen MR) is 111 cm³/mol. The molecular weight excluding hydrogens is 358 g/mol. The van der Waals surface area contributed by atoms with Crippen LogP contribution in [0.3, 0.4) is 0 Å². The van der Waals surface area contributed by atoms with E-state index in [4.69, 9.17) is 4.74 Å². The van der Waals surface area contributed by atoms with E-state index in [1.54, 1.807) is 11.3 Å². The molecule has 0 radical (unpaired) electrons. The lowest BCUT2D eigenvalue weighted by atomic mass is 9.85. The molecule has 1 heterocycles. The highest BCUT2D eigenvalue weighted by Gasteiger charge is 2.29. The summed E-state index contributed by atoms with van der Waals surface area (Å²) < 4.78 is 5.36. The van der Waals surface area contributed by atoms with Gasteiger partial charge in [-0.3, -0.25) is 4.79 Å². The van der Waals surface area contributed by atoms with Crippen LogP contribution in [-0.2, 0) is 22.4 Å². The lowest BCUT2D eigenvalue weighted by molar-refractivity contribution is -0.122. The van der Waals surface area contributed by atoms with E-state index >= 15 is 0 Å². The highest BCUT2D eigenvalue weighted by Crippen LogP contribution is 2.38. The Hall–Kier alpha value is -1.36. The molecule has 1 N–H and O–H groups in total. The number of carbonyl (C=O) groups excluding carboxylic acids is 2. The number of hydrogen-bond donors (Lipinski definition) is 1. The van der Waals surface area contributed by atoms with Gasteiger partial charge in [-0.1, -0.05) is 44.9 Å². The maximum absolute atomic E-state index is 12.7. The molecule has 0 bridgehead atoms. The Morgan fingerprint density at radius 2 is 1.59 bits per heavy atom. The van der Waals surface area contributed by atoms with Crippen LogP contribution in [0.4, 0.5) is 5.00 Å². The van der Waals surface area contributed by atoms with Gasteiger partial charge in [0.1, 0.15) is 5.00 Å². The highest BCUT2D eigenvalue weighted by atomic mass is 32.1. The summed E-state index contributed by atoms with van der Waals surface area (Å²) in [5, 5.41) is 3.81. The maximum atomic E-state index is 12.7. The topological polar surface area (TPSA) is 55.4 Å². The smallest absolute Gasteiger partial charge is 0.341 e. The number of rotatable bonds is 4. The summed E-state index contributed by atoms with van der Waals surface area (Å²) in [5.41, 5.74) is 1.78. The molecule has 2 aliphatic rings. The van der Waals surface area contributed by atoms with Crippen LogP contribution in [0, 0.1) is 5.92 Å². The molecule has 1 saturated carbocycles. The van der Waals surface area contributed by atoms with Gasteiger partial charge in [0, 0.05) is 10.8 Å². The van der Waals surface area contributed by atoms with Gasteiger partial charge >= 0.3 is 5.97 Å². The Morgan fingerprint density at radius 3 is 2.19 bits per heavy atom. The SMILES string of the molecule is CCOC(=O)c1c(NC(=O)C2CCC2)sc2c1CCCCCCCCCC2. The third-order valence-electron chi connectivity index (χ3n) is 5.86. The van der Waals surface area contributed by atoms with Gasteiger partial charge in [-0.2, -0.15) is 0 Å². The van der Waals surface area contributed by atoms with Crippen molar-refractivity contribution in [2.45, 2.75) is 90.4 Å². The lowest BCUT2D eigenvalue weighted by Gasteiger charge is -2.23. The van der Waals surface area contributed by atoms with Crippen molar-refractivity contribution in [1.82, 2.24) is 0 Å². The van der Waals surface area contributed by atoms with Crippen molar-refractivity contribution in [3.8, 4) is 0 Å². The predicted octanol–water partition coefficient (Wildman–Crippen LogP) is 5.88. The van der Waals surface area contributed by atoms with Crippen LogP contribution in [0.5, 0.6) is 0 Å². The molecule has 0 atom stereocenters. The summed E-state index contributed by atoms with van der Waals surface area (Å²) in [4.78, 5) is 26.5. The van der Waals surface area contributed by atoms with E-state index in [9.17, 15) is 9.59 Å². The molecule has 5 heteroatoms. The fourth-order valence-corrected chi connectivity index (χ4v) is 5.30. The molecule has 1 amide bonds. The Labute approximate surface area is 167 Å². The molecule has 0 aliphatic heterocycles. The standard InChI is InChI=1S/C22H33NO3S/c1-2-26-22(25)19-17-14-9-7-5-3-4-6-8-10-15-18(17)27-21(19)23-20(24)16-12-11-13-16/h16H,2-15H2,1H3,(H,23,24). The third kappa shape index (κ3) is 5.34. The van der Waals surface area contributed by atoms with E-state index in [-0.39, 0.29) is 17.8 Å². The highest BCUT2D eigenvalue weighted by molar-refractivity contribution is 7.17. The normalized spacial score (nSPS) is 19.1. The number of amides is 1. The zero-order chi connectivity index (χ0) is 19.1. The molecule has 0 aromatic carbocycles. The van der Waals surface area contributed by atoms with Gasteiger partial charge in [-0.25, -0.2) is 4.79 Å². The summed E-state index contributed by atoms with van der Waals surface area (Å²) >= 11 is 1.61. The molecule has 0 saturated heterocycles. The Kier molecular flexibility index (Phi) is 7.74. The van der Waals surface area contributed by atoms with Gasteiger partial charge in [-0.15, -0.1) is 11.3 Å². The van der Waals surface area contributed by atoms with Crippen molar-refractivity contribution in [1.29, 1.82) is 0 Å². The number of esters is 1. The van der Waals surface area contributed by atoms with Crippen LogP contribution in [0.2, 0.25) is 0 Å². The Morgan fingerprint density at radius 1 is 0.963 bits per heavy atom. The van der Waals surface area contributed by atoms with E-state index in [2.05, 4.69) is 5.32 Å². The van der Waals surface area contributed by atoms with Crippen LogP contribution in [-0.4, -0.2) is 18.5 Å². The molecule has 1 fully saturated rings. The monoisotopic (exact) mass is 391 g/mol. The van der Waals surface area contributed by atoms with Gasteiger partial charge < -0.3 is 10.1 Å². The summed E-state index contributed by atoms with van der Waals surface area (Å²) in [7, 11) is 0. The molecule has 1 aromatic rings. The number of hydrogen-bond acceptors (Lipinski definition) is 4. The Balaban J connectivity index is 1.87. The average molecular weight is 392 g/mol. The summed E-state index contributed by atoms with van der Waals surface area (Å²) in [6, 6.07) is 0. The quantitative estimate of drug-likeness (QED) is 0.652. The van der Waals surface area contributed by atoms with Crippen LogP contribution < -0.4 is 5.32 Å². The molecular formula is C22H33NO3S. The van der Waals surface area contributed by atoms with E-state index in [1.165, 1.54) is 43.4 Å². The zero-order valence-electron chi connectivity index (χ0n) is 16.6. The van der Waals surface area contributed by atoms with E-state index in [0.29, 0.717) is 12.2 Å². The van der Waals surface area contributed by atoms with Crippen molar-refractivity contribution in [2.75, 3.05) is 11.9 Å². The third-order valence-corrected chi connectivity index (χ3v) is 7.07. The van der Waals surface area contributed by atoms with Crippen molar-refractivity contribution in [2.24, 2.45) is 5.92 Å². The minimum Gasteiger partial charge on any atom is -0.462 e. The van der Waals surface area contributed by atoms with Crippen LogP contribution in [0.1, 0.15) is 98.4 Å². The summed E-state index contributed by atoms with van der Waals surface area (Å²) in [5.74, 6) is -0.0850. The number of ether oxygens (including phenoxy) is 1. The lowest BCUT2D eigenvalue weighted by Crippen LogP contribution is -2.28. The molecule has 27 heavy (non-hydrogen) atoms. The maximum Gasteiger partial charge on any atom is 0.341 e. The molecule has 4 nitrogen and oxygen atoms in total. The Bertz CT molecular complexity index is 648. The van der Waals surface area contributed by atoms with Crippen LogP contribution in [0.25, 0.3) is 0 Å². The number of carbonyl (C=O) groups is 2. The number of nitrogens with one attached hydrogen (secondary N) is 1. The van der Waals surface area contributed by atoms with Gasteiger partial charge in [0.15, 0.2) is 0 Å². The molecule has 150 valence electrons. The van der Waals surface area contributed by atoms with Gasteiger partial charge in [0.2, 0.25) is 5.91 Å². The second-order valence-corrected chi connectivity index (χ2v) is 8.98. The number of fused-ring (bicyclic) bond motifs is 1. The second kappa shape index (κ2) is 10.3. The minimum absolute atomic E-state index is 0.0732. The summed E-state index contributed by atoms with van der Waals surface area (Å²) in [6.45, 7) is 2.20. The minimum atomic E-state index is -0.272. The van der Waals surface area contributed by atoms with Gasteiger partial charge in [0.05, 0.1) is 12.2 Å². The molecule has 3 rings (SSSR count). The first-order chi connectivity index (χ1) is 13.2. The number of aryl methyl sites for hydroxylation is 1. The molecule has 0 unspecified atom stereocenters. The van der Waals surface area contributed by atoms with Gasteiger partial charge in [-0.05, 0) is 51.0 Å². The van der Waals surface area contributed by atoms with Crippen molar-refractivity contribution < 1.29 is 14.3 Å². The first-order valence-electron chi connectivity index (χ1n) is 10.8.